The molecule has 0 unspecified atom stereocenters. The number of benzene rings is 1. The molecule has 0 bridgehead atoms. The van der Waals surface area contributed by atoms with Crippen LogP contribution < -0.4 is 5.32 Å². The van der Waals surface area contributed by atoms with Gasteiger partial charge < -0.3 is 25.3 Å². The number of aliphatic hydroxyl groups is 1. The number of hydrogen-bond acceptors (Lipinski definition) is 4. The summed E-state index contributed by atoms with van der Waals surface area (Å²) in [6.45, 7) is 0. The van der Waals surface area contributed by atoms with Crippen molar-refractivity contribution in [2.45, 2.75) is 24.5 Å². The van der Waals surface area contributed by atoms with Gasteiger partial charge in [0.1, 0.15) is 11.6 Å². The summed E-state index contributed by atoms with van der Waals surface area (Å²) < 4.78 is 0. The van der Waals surface area contributed by atoms with Crippen LogP contribution in [0.3, 0.4) is 0 Å². The minimum absolute atomic E-state index is 0.0615. The highest BCUT2D eigenvalue weighted by Gasteiger charge is 2.33. The predicted molar refractivity (Wildman–Crippen MR) is 78.1 cm³/mol. The third-order valence-corrected chi connectivity index (χ3v) is 3.60. The number of para-hydroxylation sites is 1. The van der Waals surface area contributed by atoms with Gasteiger partial charge in [0.25, 0.3) is 0 Å². The first-order valence-corrected chi connectivity index (χ1v) is 6.63. The Balaban J connectivity index is 2.25. The van der Waals surface area contributed by atoms with Crippen LogP contribution in [0.4, 0.5) is 0 Å². The maximum Gasteiger partial charge on any atom is 0.320 e. The number of hydrogen-bond donors (Lipinski definition) is 4. The number of rotatable bonds is 7. The van der Waals surface area contributed by atoms with Crippen molar-refractivity contribution < 1.29 is 19.8 Å². The molecule has 0 aliphatic rings. The van der Waals surface area contributed by atoms with Crippen molar-refractivity contribution in [1.29, 1.82) is 0 Å². The molecule has 0 spiro atoms. The fourth-order valence-electron chi connectivity index (χ4n) is 2.44. The molecule has 2 rings (SSSR count). The summed E-state index contributed by atoms with van der Waals surface area (Å²) in [5.41, 5.74) is -0.0404. The van der Waals surface area contributed by atoms with Crippen LogP contribution in [-0.2, 0) is 16.0 Å². The average molecular weight is 290 g/mol. The van der Waals surface area contributed by atoms with Gasteiger partial charge in [0, 0.05) is 29.9 Å². The summed E-state index contributed by atoms with van der Waals surface area (Å²) in [7, 11) is 1.48. The van der Waals surface area contributed by atoms with E-state index in [2.05, 4.69) is 10.3 Å². The van der Waals surface area contributed by atoms with Crippen molar-refractivity contribution in [3.63, 3.8) is 0 Å². The van der Waals surface area contributed by atoms with Gasteiger partial charge in [-0.25, -0.2) is 0 Å². The number of likely N-dealkylation sites (N-methyl/N-ethyl adjacent to an activating group) is 1. The van der Waals surface area contributed by atoms with Crippen LogP contribution in [0.5, 0.6) is 0 Å². The van der Waals surface area contributed by atoms with Gasteiger partial charge in [-0.3, -0.25) is 4.79 Å². The fraction of sp³-hybridized carbons (Fsp3) is 0.333. The Labute approximate surface area is 121 Å². The first kappa shape index (κ1) is 15.2. The third kappa shape index (κ3) is 3.29. The van der Waals surface area contributed by atoms with Crippen LogP contribution in [0.25, 0.3) is 10.9 Å². The fourth-order valence-corrected chi connectivity index (χ4v) is 2.44. The SMILES string of the molecule is CN[C@@H](C[C@@](O)(C=O)Cc1c[nH]c2ccccc12)C(=O)O. The van der Waals surface area contributed by atoms with Crippen LogP contribution in [0.15, 0.2) is 30.5 Å². The van der Waals surface area contributed by atoms with Crippen molar-refractivity contribution in [3.8, 4) is 0 Å². The second-order valence-electron chi connectivity index (χ2n) is 5.14. The summed E-state index contributed by atoms with van der Waals surface area (Å²) in [4.78, 5) is 25.4. The van der Waals surface area contributed by atoms with Gasteiger partial charge >= 0.3 is 5.97 Å². The molecule has 6 nitrogen and oxygen atoms in total. The smallest absolute Gasteiger partial charge is 0.320 e. The van der Waals surface area contributed by atoms with E-state index in [0.29, 0.717) is 6.29 Å². The molecule has 2 atom stereocenters. The molecular weight excluding hydrogens is 272 g/mol. The molecule has 21 heavy (non-hydrogen) atoms. The van der Waals surface area contributed by atoms with Crippen molar-refractivity contribution >= 4 is 23.2 Å². The minimum Gasteiger partial charge on any atom is -0.480 e. The number of carbonyl (C=O) groups is 2. The summed E-state index contributed by atoms with van der Waals surface area (Å²) in [5, 5.41) is 22.9. The number of carboxylic acid groups (broad SMARTS) is 1. The molecule has 112 valence electrons. The largest absolute Gasteiger partial charge is 0.480 e. The lowest BCUT2D eigenvalue weighted by atomic mass is 9.89. The Kier molecular flexibility index (Phi) is 4.40. The average Bonchev–Trinajstić information content (AvgIpc) is 2.88. The van der Waals surface area contributed by atoms with E-state index < -0.39 is 17.6 Å². The monoisotopic (exact) mass is 290 g/mol. The lowest BCUT2D eigenvalue weighted by molar-refractivity contribution is -0.142. The second-order valence-corrected chi connectivity index (χ2v) is 5.14. The molecule has 2 aromatic rings. The minimum atomic E-state index is -1.73. The van der Waals surface area contributed by atoms with E-state index in [0.717, 1.165) is 16.5 Å². The van der Waals surface area contributed by atoms with E-state index in [-0.39, 0.29) is 12.8 Å². The van der Waals surface area contributed by atoms with Gasteiger partial charge in [-0.05, 0) is 18.7 Å². The molecule has 1 aromatic heterocycles. The first-order valence-electron chi connectivity index (χ1n) is 6.63. The molecule has 0 aliphatic carbocycles. The molecule has 0 aliphatic heterocycles. The van der Waals surface area contributed by atoms with E-state index in [1.165, 1.54) is 7.05 Å². The summed E-state index contributed by atoms with van der Waals surface area (Å²) in [5.74, 6) is -1.10. The summed E-state index contributed by atoms with van der Waals surface area (Å²) in [6.07, 6.45) is 2.02. The van der Waals surface area contributed by atoms with Gasteiger partial charge in [-0.2, -0.15) is 0 Å². The molecule has 0 radical (unpaired) electrons. The van der Waals surface area contributed by atoms with Crippen LogP contribution in [0, 0.1) is 0 Å². The first-order chi connectivity index (χ1) is 9.99. The molecule has 4 N–H and O–H groups in total. The van der Waals surface area contributed by atoms with Crippen LogP contribution >= 0.6 is 0 Å². The number of aromatic nitrogens is 1. The van der Waals surface area contributed by atoms with Gasteiger partial charge in [0.15, 0.2) is 6.29 Å². The van der Waals surface area contributed by atoms with E-state index >= 15 is 0 Å². The number of carboxylic acids is 1. The normalized spacial score (nSPS) is 15.5. The number of aromatic amines is 1. The van der Waals surface area contributed by atoms with Crippen molar-refractivity contribution in [3.05, 3.63) is 36.0 Å². The molecule has 0 saturated carbocycles. The predicted octanol–water partition coefficient (Wildman–Crippen LogP) is 0.703. The molecule has 1 heterocycles. The Bertz CT molecular complexity index is 652. The Morgan fingerprint density at radius 3 is 2.81 bits per heavy atom. The topological polar surface area (TPSA) is 102 Å². The second kappa shape index (κ2) is 6.07. The zero-order valence-corrected chi connectivity index (χ0v) is 11.7. The standard InChI is InChI=1S/C15H18N2O4/c1-16-13(14(19)20)7-15(21,9-18)6-10-8-17-12-5-3-2-4-11(10)12/h2-5,8-9,13,16-17,21H,6-7H2,1H3,(H,19,20)/t13-,15+/m0/s1. The van der Waals surface area contributed by atoms with Gasteiger partial charge in [-0.15, -0.1) is 0 Å². The highest BCUT2D eigenvalue weighted by molar-refractivity contribution is 5.84. The number of aliphatic carboxylic acids is 1. The number of H-pyrrole nitrogens is 1. The molecular formula is C15H18N2O4. The van der Waals surface area contributed by atoms with Gasteiger partial charge in [0.05, 0.1) is 0 Å². The lowest BCUT2D eigenvalue weighted by Crippen LogP contribution is -2.45. The van der Waals surface area contributed by atoms with Crippen molar-refractivity contribution in [2.75, 3.05) is 7.05 Å². The molecule has 0 fully saturated rings. The van der Waals surface area contributed by atoms with Crippen LogP contribution in [0.2, 0.25) is 0 Å². The number of aldehydes is 1. The van der Waals surface area contributed by atoms with E-state index in [4.69, 9.17) is 5.11 Å². The highest BCUT2D eigenvalue weighted by atomic mass is 16.4. The van der Waals surface area contributed by atoms with Crippen LogP contribution in [0.1, 0.15) is 12.0 Å². The number of carbonyl (C=O) groups excluding carboxylic acids is 1. The lowest BCUT2D eigenvalue weighted by Gasteiger charge is -2.25. The number of fused-ring (bicyclic) bond motifs is 1. The maximum atomic E-state index is 11.3. The molecule has 6 heteroatoms. The molecule has 0 saturated heterocycles. The summed E-state index contributed by atoms with van der Waals surface area (Å²) in [6, 6.07) is 6.56. The highest BCUT2D eigenvalue weighted by Crippen LogP contribution is 2.24. The van der Waals surface area contributed by atoms with E-state index in [9.17, 15) is 14.7 Å². The van der Waals surface area contributed by atoms with Crippen molar-refractivity contribution in [2.24, 2.45) is 0 Å². The number of nitrogens with one attached hydrogen (secondary N) is 2. The third-order valence-electron chi connectivity index (χ3n) is 3.60. The van der Waals surface area contributed by atoms with E-state index in [1.54, 1.807) is 6.20 Å². The Morgan fingerprint density at radius 1 is 1.48 bits per heavy atom. The Hall–Kier alpha value is -2.18. The van der Waals surface area contributed by atoms with E-state index in [1.807, 2.05) is 24.3 Å². The summed E-state index contributed by atoms with van der Waals surface area (Å²) >= 11 is 0. The van der Waals surface area contributed by atoms with Gasteiger partial charge in [0.2, 0.25) is 0 Å². The molecule has 0 amide bonds. The Morgan fingerprint density at radius 2 is 2.19 bits per heavy atom. The zero-order chi connectivity index (χ0) is 15.5. The van der Waals surface area contributed by atoms with Crippen molar-refractivity contribution in [1.82, 2.24) is 10.3 Å². The van der Waals surface area contributed by atoms with Gasteiger partial charge in [-0.1, -0.05) is 18.2 Å². The molecule has 1 aromatic carbocycles. The maximum absolute atomic E-state index is 11.3. The zero-order valence-electron chi connectivity index (χ0n) is 11.7. The van der Waals surface area contributed by atoms with Crippen LogP contribution in [-0.4, -0.2) is 46.1 Å². The quantitative estimate of drug-likeness (QED) is 0.562.